The van der Waals surface area contributed by atoms with Crippen LogP contribution in [0.25, 0.3) is 11.3 Å². The Hall–Kier alpha value is -2.21. The number of carbonyl (C=O) groups is 1. The molecule has 21 heavy (non-hydrogen) atoms. The van der Waals surface area contributed by atoms with Crippen molar-refractivity contribution in [2.24, 2.45) is 0 Å². The second kappa shape index (κ2) is 5.65. The van der Waals surface area contributed by atoms with Gasteiger partial charge in [0.1, 0.15) is 17.4 Å². The highest BCUT2D eigenvalue weighted by molar-refractivity contribution is 6.01. The molecule has 2 aromatic heterocycles. The molecule has 1 amide bonds. The van der Waals surface area contributed by atoms with Crippen LogP contribution in [0.3, 0.4) is 0 Å². The Morgan fingerprint density at radius 3 is 2.67 bits per heavy atom. The quantitative estimate of drug-likeness (QED) is 0.905. The van der Waals surface area contributed by atoms with Gasteiger partial charge >= 0.3 is 0 Å². The fourth-order valence-corrected chi connectivity index (χ4v) is 1.91. The first kappa shape index (κ1) is 15.2. The Morgan fingerprint density at radius 2 is 2.14 bits per heavy atom. The van der Waals surface area contributed by atoms with Crippen molar-refractivity contribution in [1.29, 1.82) is 0 Å². The molecule has 2 rings (SSSR count). The van der Waals surface area contributed by atoms with Gasteiger partial charge in [0.25, 0.3) is 5.91 Å². The molecular formula is C15H19N3O3. The van der Waals surface area contributed by atoms with Crippen LogP contribution in [0.5, 0.6) is 0 Å². The Labute approximate surface area is 123 Å². The average Bonchev–Trinajstić information content (AvgIpc) is 2.82. The predicted octanol–water partition coefficient (Wildman–Crippen LogP) is 2.32. The zero-order chi connectivity index (χ0) is 15.6. The smallest absolute Gasteiger partial charge is 0.257 e. The first-order chi connectivity index (χ1) is 9.79. The maximum atomic E-state index is 12.5. The van der Waals surface area contributed by atoms with Gasteiger partial charge in [-0.3, -0.25) is 9.78 Å². The molecule has 2 aromatic rings. The largest absolute Gasteiger partial charge is 0.385 e. The number of amides is 1. The zero-order valence-electron chi connectivity index (χ0n) is 12.5. The van der Waals surface area contributed by atoms with E-state index in [1.54, 1.807) is 24.5 Å². The summed E-state index contributed by atoms with van der Waals surface area (Å²) in [6, 6.07) is 3.53. The molecule has 2 heterocycles. The Morgan fingerprint density at radius 1 is 1.43 bits per heavy atom. The van der Waals surface area contributed by atoms with Gasteiger partial charge in [-0.15, -0.1) is 0 Å². The van der Waals surface area contributed by atoms with Gasteiger partial charge in [0, 0.05) is 23.5 Å². The van der Waals surface area contributed by atoms with Crippen molar-refractivity contribution in [1.82, 2.24) is 15.5 Å². The van der Waals surface area contributed by atoms with Gasteiger partial charge < -0.3 is 14.9 Å². The van der Waals surface area contributed by atoms with E-state index in [4.69, 9.17) is 4.52 Å². The Kier molecular flexibility index (Phi) is 4.09. The Bertz CT molecular complexity index is 627. The molecule has 1 atom stereocenters. The lowest BCUT2D eigenvalue weighted by molar-refractivity contribution is 0.0907. The fraction of sp³-hybridized carbons (Fsp3) is 0.400. The molecule has 0 saturated carbocycles. The number of aliphatic hydroxyl groups excluding tert-OH is 1. The van der Waals surface area contributed by atoms with Gasteiger partial charge in [0.2, 0.25) is 0 Å². The number of aliphatic hydroxyl groups is 1. The maximum absolute atomic E-state index is 12.5. The molecule has 0 aliphatic heterocycles. The van der Waals surface area contributed by atoms with Crippen molar-refractivity contribution in [2.45, 2.75) is 39.3 Å². The summed E-state index contributed by atoms with van der Waals surface area (Å²) in [5.41, 5.74) is 0.872. The lowest BCUT2D eigenvalue weighted by Crippen LogP contribution is -2.41. The van der Waals surface area contributed by atoms with Crippen LogP contribution >= 0.6 is 0 Å². The van der Waals surface area contributed by atoms with E-state index in [9.17, 15) is 9.90 Å². The van der Waals surface area contributed by atoms with Crippen LogP contribution in [0.4, 0.5) is 0 Å². The Balaban J connectivity index is 2.51. The van der Waals surface area contributed by atoms with Crippen molar-refractivity contribution >= 4 is 5.91 Å². The van der Waals surface area contributed by atoms with E-state index in [2.05, 4.69) is 15.5 Å². The van der Waals surface area contributed by atoms with Crippen LogP contribution in [-0.2, 0) is 0 Å². The lowest BCUT2D eigenvalue weighted by atomic mass is 10.0. The lowest BCUT2D eigenvalue weighted by Gasteiger charge is -2.20. The number of rotatable bonds is 3. The van der Waals surface area contributed by atoms with E-state index in [0.717, 1.165) is 0 Å². The third-order valence-corrected chi connectivity index (χ3v) is 2.75. The van der Waals surface area contributed by atoms with Gasteiger partial charge in [0.15, 0.2) is 5.76 Å². The standard InChI is InChI=1S/C15H19N3O3/c1-9(19)13-11(14(20)17-15(2,3)4)12(18-21-13)10-6-5-7-16-8-10/h5-9,19H,1-4H3,(H,17,20)/t9-/m0/s1. The molecule has 0 unspecified atom stereocenters. The molecule has 0 fully saturated rings. The average molecular weight is 289 g/mol. The number of hydrogen-bond donors (Lipinski definition) is 2. The summed E-state index contributed by atoms with van der Waals surface area (Å²) in [5.74, 6) is -0.186. The summed E-state index contributed by atoms with van der Waals surface area (Å²) in [7, 11) is 0. The molecule has 112 valence electrons. The minimum Gasteiger partial charge on any atom is -0.385 e. The molecule has 0 aromatic carbocycles. The second-order valence-corrected chi connectivity index (χ2v) is 5.89. The van der Waals surface area contributed by atoms with E-state index in [-0.39, 0.29) is 17.2 Å². The predicted molar refractivity (Wildman–Crippen MR) is 77.6 cm³/mol. The number of aromatic nitrogens is 2. The summed E-state index contributed by atoms with van der Waals surface area (Å²) in [6.45, 7) is 7.17. The molecule has 0 spiro atoms. The second-order valence-electron chi connectivity index (χ2n) is 5.89. The summed E-state index contributed by atoms with van der Waals surface area (Å²) < 4.78 is 5.16. The summed E-state index contributed by atoms with van der Waals surface area (Å²) in [6.07, 6.45) is 2.30. The molecule has 0 aliphatic rings. The number of nitrogens with zero attached hydrogens (tertiary/aromatic N) is 2. The fourth-order valence-electron chi connectivity index (χ4n) is 1.91. The van der Waals surface area contributed by atoms with Crippen LogP contribution in [0.1, 0.15) is 49.9 Å². The van der Waals surface area contributed by atoms with Crippen LogP contribution < -0.4 is 5.32 Å². The molecule has 6 nitrogen and oxygen atoms in total. The van der Waals surface area contributed by atoms with Crippen LogP contribution in [0.2, 0.25) is 0 Å². The van der Waals surface area contributed by atoms with E-state index >= 15 is 0 Å². The zero-order valence-corrected chi connectivity index (χ0v) is 12.5. The SMILES string of the molecule is C[C@H](O)c1onc(-c2cccnc2)c1C(=O)NC(C)(C)C. The minimum atomic E-state index is -0.927. The van der Waals surface area contributed by atoms with Crippen molar-refractivity contribution in [2.75, 3.05) is 0 Å². The molecule has 0 saturated heterocycles. The van der Waals surface area contributed by atoms with Crippen LogP contribution in [-0.4, -0.2) is 26.7 Å². The number of nitrogens with one attached hydrogen (secondary N) is 1. The first-order valence-corrected chi connectivity index (χ1v) is 6.70. The molecule has 2 N–H and O–H groups in total. The minimum absolute atomic E-state index is 0.149. The summed E-state index contributed by atoms with van der Waals surface area (Å²) >= 11 is 0. The van der Waals surface area contributed by atoms with Crippen molar-refractivity contribution in [3.05, 3.63) is 35.9 Å². The first-order valence-electron chi connectivity index (χ1n) is 6.70. The number of pyridine rings is 1. The van der Waals surface area contributed by atoms with Crippen LogP contribution in [0, 0.1) is 0 Å². The van der Waals surface area contributed by atoms with E-state index in [1.807, 2.05) is 20.8 Å². The molecule has 0 radical (unpaired) electrons. The van der Waals surface area contributed by atoms with E-state index < -0.39 is 11.6 Å². The van der Waals surface area contributed by atoms with Crippen molar-refractivity contribution in [3.63, 3.8) is 0 Å². The van der Waals surface area contributed by atoms with E-state index in [1.165, 1.54) is 6.92 Å². The number of hydrogen-bond acceptors (Lipinski definition) is 5. The third-order valence-electron chi connectivity index (χ3n) is 2.75. The van der Waals surface area contributed by atoms with Gasteiger partial charge in [-0.25, -0.2) is 0 Å². The molecular weight excluding hydrogens is 270 g/mol. The third kappa shape index (κ3) is 3.46. The van der Waals surface area contributed by atoms with Gasteiger partial charge in [-0.2, -0.15) is 0 Å². The molecule has 0 aliphatic carbocycles. The van der Waals surface area contributed by atoms with Crippen molar-refractivity contribution in [3.8, 4) is 11.3 Å². The topological polar surface area (TPSA) is 88.2 Å². The summed E-state index contributed by atoms with van der Waals surface area (Å²) in [5, 5.41) is 16.6. The van der Waals surface area contributed by atoms with Gasteiger partial charge in [-0.05, 0) is 39.8 Å². The maximum Gasteiger partial charge on any atom is 0.257 e. The molecule has 6 heteroatoms. The number of carbonyl (C=O) groups excluding carboxylic acids is 1. The van der Waals surface area contributed by atoms with Crippen LogP contribution in [0.15, 0.2) is 29.0 Å². The normalized spacial score (nSPS) is 13.0. The van der Waals surface area contributed by atoms with Crippen molar-refractivity contribution < 1.29 is 14.4 Å². The highest BCUT2D eigenvalue weighted by Gasteiger charge is 2.28. The summed E-state index contributed by atoms with van der Waals surface area (Å²) in [4.78, 5) is 16.5. The van der Waals surface area contributed by atoms with Gasteiger partial charge in [0.05, 0.1) is 0 Å². The van der Waals surface area contributed by atoms with E-state index in [0.29, 0.717) is 11.3 Å². The monoisotopic (exact) mass is 289 g/mol. The van der Waals surface area contributed by atoms with Gasteiger partial charge in [-0.1, -0.05) is 5.16 Å². The highest BCUT2D eigenvalue weighted by Crippen LogP contribution is 2.29. The highest BCUT2D eigenvalue weighted by atomic mass is 16.5. The molecule has 0 bridgehead atoms.